The molecule has 0 radical (unpaired) electrons. The van der Waals surface area contributed by atoms with Crippen LogP contribution in [0.15, 0.2) is 84.9 Å². The van der Waals surface area contributed by atoms with Gasteiger partial charge in [0.1, 0.15) is 6.54 Å². The number of hydrogen-bond acceptors (Lipinski definition) is 9. The molecular formula is C42H49N3O8. The molecule has 1 saturated heterocycles. The molecule has 4 atom stereocenters. The van der Waals surface area contributed by atoms with Gasteiger partial charge in [-0.15, -0.1) is 0 Å². The number of carbonyl (C=O) groups is 2. The third-order valence-electron chi connectivity index (χ3n) is 9.95. The van der Waals surface area contributed by atoms with Crippen LogP contribution in [0.1, 0.15) is 59.6 Å². The number of nitrogens with one attached hydrogen (secondary N) is 2. The number of methoxy groups -OCH3 is 2. The van der Waals surface area contributed by atoms with Gasteiger partial charge in [0.2, 0.25) is 0 Å². The van der Waals surface area contributed by atoms with E-state index < -0.39 is 18.3 Å². The van der Waals surface area contributed by atoms with E-state index in [4.69, 9.17) is 23.7 Å². The highest BCUT2D eigenvalue weighted by atomic mass is 16.7. The molecular weight excluding hydrogens is 674 g/mol. The van der Waals surface area contributed by atoms with Gasteiger partial charge in [0.15, 0.2) is 17.8 Å². The Balaban J connectivity index is 1.16. The molecule has 0 bridgehead atoms. The van der Waals surface area contributed by atoms with Gasteiger partial charge in [-0.3, -0.25) is 9.69 Å². The minimum absolute atomic E-state index is 0.0129. The predicted octanol–water partition coefficient (Wildman–Crippen LogP) is 6.08. The van der Waals surface area contributed by atoms with Crippen molar-refractivity contribution in [3.8, 4) is 22.6 Å². The summed E-state index contributed by atoms with van der Waals surface area (Å²) in [5.41, 5.74) is 8.26. The van der Waals surface area contributed by atoms with Gasteiger partial charge in [-0.05, 0) is 70.5 Å². The van der Waals surface area contributed by atoms with Crippen LogP contribution in [-0.2, 0) is 45.1 Å². The number of urea groups is 1. The first kappa shape index (κ1) is 37.8. The van der Waals surface area contributed by atoms with E-state index in [1.807, 2.05) is 60.7 Å². The number of ether oxygens (including phenoxy) is 5. The number of aliphatic hydroxyl groups is 1. The van der Waals surface area contributed by atoms with Crippen molar-refractivity contribution >= 4 is 12.0 Å². The van der Waals surface area contributed by atoms with Crippen molar-refractivity contribution in [1.82, 2.24) is 15.5 Å². The third-order valence-corrected chi connectivity index (χ3v) is 9.95. The van der Waals surface area contributed by atoms with Crippen molar-refractivity contribution in [2.75, 3.05) is 40.5 Å². The third kappa shape index (κ3) is 9.36. The van der Waals surface area contributed by atoms with Crippen LogP contribution in [-0.4, -0.2) is 68.6 Å². The molecule has 0 unspecified atom stereocenters. The van der Waals surface area contributed by atoms with Gasteiger partial charge in [0, 0.05) is 37.7 Å². The van der Waals surface area contributed by atoms with Crippen molar-refractivity contribution in [2.45, 2.75) is 58.5 Å². The summed E-state index contributed by atoms with van der Waals surface area (Å²) >= 11 is 0. The van der Waals surface area contributed by atoms with Crippen LogP contribution >= 0.6 is 0 Å². The van der Waals surface area contributed by atoms with Crippen LogP contribution in [0.5, 0.6) is 11.5 Å². The molecule has 0 saturated carbocycles. The number of hydrogen-bond donors (Lipinski definition) is 3. The molecule has 4 aromatic carbocycles. The van der Waals surface area contributed by atoms with Crippen LogP contribution in [0, 0.1) is 5.92 Å². The van der Waals surface area contributed by atoms with Gasteiger partial charge in [-0.1, -0.05) is 73.7 Å². The minimum Gasteiger partial charge on any atom is -0.493 e. The van der Waals surface area contributed by atoms with E-state index in [2.05, 4.69) is 46.7 Å². The zero-order chi connectivity index (χ0) is 37.3. The maximum Gasteiger partial charge on any atom is 0.325 e. The lowest BCUT2D eigenvalue weighted by Crippen LogP contribution is -2.45. The first-order valence-electron chi connectivity index (χ1n) is 18.1. The molecule has 280 valence electrons. The molecule has 2 amide bonds. The van der Waals surface area contributed by atoms with Crippen molar-refractivity contribution < 1.29 is 38.4 Å². The van der Waals surface area contributed by atoms with E-state index in [1.165, 1.54) is 11.1 Å². The monoisotopic (exact) mass is 723 g/mol. The molecule has 0 spiro atoms. The highest BCUT2D eigenvalue weighted by molar-refractivity contribution is 5.80. The quantitative estimate of drug-likeness (QED) is 0.141. The summed E-state index contributed by atoms with van der Waals surface area (Å²) in [5, 5.41) is 14.9. The van der Waals surface area contributed by atoms with Gasteiger partial charge < -0.3 is 39.4 Å². The molecule has 11 heteroatoms. The zero-order valence-electron chi connectivity index (χ0n) is 30.8. The number of rotatable bonds is 13. The lowest BCUT2D eigenvalue weighted by atomic mass is 9.89. The zero-order valence-corrected chi connectivity index (χ0v) is 30.8. The predicted molar refractivity (Wildman–Crippen MR) is 200 cm³/mol. The van der Waals surface area contributed by atoms with Crippen molar-refractivity contribution in [1.29, 1.82) is 0 Å². The maximum absolute atomic E-state index is 12.2. The fourth-order valence-electron chi connectivity index (χ4n) is 6.98. The van der Waals surface area contributed by atoms with Crippen LogP contribution in [0.3, 0.4) is 0 Å². The number of aliphatic hydroxyl groups excluding tert-OH is 1. The summed E-state index contributed by atoms with van der Waals surface area (Å²) in [6.07, 6.45) is -0.00934. The Morgan fingerprint density at radius 3 is 2.26 bits per heavy atom. The Morgan fingerprint density at radius 1 is 0.849 bits per heavy atom. The summed E-state index contributed by atoms with van der Waals surface area (Å²) < 4.78 is 29.5. The molecule has 11 nitrogen and oxygen atoms in total. The van der Waals surface area contributed by atoms with E-state index in [9.17, 15) is 14.7 Å². The molecule has 0 aromatic heterocycles. The molecule has 1 fully saturated rings. The molecule has 3 N–H and O–H groups in total. The number of carbonyl (C=O) groups excluding carboxylic acids is 2. The van der Waals surface area contributed by atoms with Crippen molar-refractivity contribution in [3.63, 3.8) is 0 Å². The lowest BCUT2D eigenvalue weighted by Gasteiger charge is -2.43. The Bertz CT molecular complexity index is 1850. The SMILES string of the molecule is CCOC(=O)CNC(=O)NCc1cccc(-c2ccc([C@H]3O[C@@H](CN4CCc5cc(OC)c(OC)cc5C4)[C@@H](C)[C@@H](c4ccc(CO)cc4)O3)cc2)c1. The average molecular weight is 724 g/mol. The highest BCUT2D eigenvalue weighted by Gasteiger charge is 2.39. The topological polar surface area (TPSA) is 128 Å². The van der Waals surface area contributed by atoms with Gasteiger partial charge in [0.05, 0.1) is 39.6 Å². The molecule has 2 aliphatic rings. The van der Waals surface area contributed by atoms with Crippen molar-refractivity contribution in [3.05, 3.63) is 118 Å². The number of esters is 1. The van der Waals surface area contributed by atoms with Crippen LogP contribution < -0.4 is 20.1 Å². The van der Waals surface area contributed by atoms with Gasteiger partial charge in [0.25, 0.3) is 0 Å². The highest BCUT2D eigenvalue weighted by Crippen LogP contribution is 2.43. The summed E-state index contributed by atoms with van der Waals surface area (Å²) in [5.74, 6) is 1.06. The first-order valence-corrected chi connectivity index (χ1v) is 18.1. The minimum atomic E-state index is -0.585. The van der Waals surface area contributed by atoms with E-state index in [0.29, 0.717) is 6.54 Å². The summed E-state index contributed by atoms with van der Waals surface area (Å²) in [7, 11) is 3.33. The second kappa shape index (κ2) is 17.7. The fraction of sp³-hybridized carbons (Fsp3) is 0.381. The normalized spacial score (nSPS) is 19.9. The largest absolute Gasteiger partial charge is 0.493 e. The average Bonchev–Trinajstić information content (AvgIpc) is 3.19. The Kier molecular flexibility index (Phi) is 12.6. The summed E-state index contributed by atoms with van der Waals surface area (Å²) in [6.45, 7) is 6.69. The van der Waals surface area contributed by atoms with Crippen LogP contribution in [0.2, 0.25) is 0 Å². The molecule has 2 heterocycles. The van der Waals surface area contributed by atoms with Gasteiger partial charge in [-0.2, -0.15) is 0 Å². The number of amides is 2. The van der Waals surface area contributed by atoms with Gasteiger partial charge >= 0.3 is 12.0 Å². The van der Waals surface area contributed by atoms with E-state index in [0.717, 1.165) is 70.9 Å². The second-order valence-electron chi connectivity index (χ2n) is 13.4. The first-order chi connectivity index (χ1) is 25.8. The number of nitrogens with zero attached hydrogens (tertiary/aromatic N) is 1. The van der Waals surface area contributed by atoms with Crippen LogP contribution in [0.4, 0.5) is 4.79 Å². The Hall–Kier alpha value is -4.94. The van der Waals surface area contributed by atoms with Gasteiger partial charge in [-0.25, -0.2) is 4.79 Å². The maximum atomic E-state index is 12.2. The van der Waals surface area contributed by atoms with Crippen molar-refractivity contribution in [2.24, 2.45) is 5.92 Å². The number of benzene rings is 4. The standard InChI is InChI=1S/C42H49N3O8/c1-5-51-39(47)23-44-42(48)43-22-29-7-6-8-33(19-29)30-13-15-32(16-14-30)41-52-38(27(2)40(53-41)31-11-9-28(26-46)10-12-31)25-45-18-17-34-20-36(49-3)37(50-4)21-35(34)24-45/h6-16,19-21,27,38,40-41,46H,5,17-18,22-26H2,1-4H3,(H2,43,44,48)/t27-,38+,40+,41+/m1/s1. The van der Waals surface area contributed by atoms with E-state index in [1.54, 1.807) is 21.1 Å². The molecule has 2 aliphatic heterocycles. The molecule has 6 rings (SSSR count). The smallest absolute Gasteiger partial charge is 0.325 e. The summed E-state index contributed by atoms with van der Waals surface area (Å²) in [6, 6.07) is 27.9. The number of fused-ring (bicyclic) bond motifs is 1. The van der Waals surface area contributed by atoms with E-state index >= 15 is 0 Å². The Morgan fingerprint density at radius 2 is 1.57 bits per heavy atom. The fourth-order valence-corrected chi connectivity index (χ4v) is 6.98. The summed E-state index contributed by atoms with van der Waals surface area (Å²) in [4.78, 5) is 26.2. The molecule has 0 aliphatic carbocycles. The Labute approximate surface area is 311 Å². The second-order valence-corrected chi connectivity index (χ2v) is 13.4. The lowest BCUT2D eigenvalue weighted by molar-refractivity contribution is -0.276. The molecule has 53 heavy (non-hydrogen) atoms. The van der Waals surface area contributed by atoms with E-state index in [-0.39, 0.29) is 37.9 Å². The van der Waals surface area contributed by atoms with Crippen LogP contribution in [0.25, 0.3) is 11.1 Å². The molecule has 4 aromatic rings.